The van der Waals surface area contributed by atoms with Gasteiger partial charge < -0.3 is 14.6 Å². The van der Waals surface area contributed by atoms with E-state index in [9.17, 15) is 0 Å². The predicted molar refractivity (Wildman–Crippen MR) is 72.0 cm³/mol. The molecule has 0 bridgehead atoms. The first-order valence-electron chi connectivity index (χ1n) is 7.08. The molecule has 0 spiro atoms. The van der Waals surface area contributed by atoms with Crippen molar-refractivity contribution in [1.29, 1.82) is 0 Å². The predicted octanol–water partition coefficient (Wildman–Crippen LogP) is 1.82. The van der Waals surface area contributed by atoms with Crippen LogP contribution in [0.25, 0.3) is 11.2 Å². The number of rotatable bonds is 2. The van der Waals surface area contributed by atoms with Gasteiger partial charge in [0.25, 0.3) is 0 Å². The van der Waals surface area contributed by atoms with E-state index < -0.39 is 0 Å². The van der Waals surface area contributed by atoms with Crippen molar-refractivity contribution in [3.05, 3.63) is 24.2 Å². The number of hydrogen-bond donors (Lipinski definition) is 1. The summed E-state index contributed by atoms with van der Waals surface area (Å²) in [6.45, 7) is 2.92. The van der Waals surface area contributed by atoms with Crippen LogP contribution in [0.1, 0.15) is 37.2 Å². The van der Waals surface area contributed by atoms with Gasteiger partial charge >= 0.3 is 0 Å². The van der Waals surface area contributed by atoms with Gasteiger partial charge in [0.05, 0.1) is 6.04 Å². The maximum atomic E-state index is 5.84. The van der Waals surface area contributed by atoms with Gasteiger partial charge in [0, 0.05) is 19.3 Å². The zero-order chi connectivity index (χ0) is 12.7. The summed E-state index contributed by atoms with van der Waals surface area (Å²) in [5.41, 5.74) is 1.99. The quantitative estimate of drug-likeness (QED) is 0.892. The maximum absolute atomic E-state index is 5.84. The Balaban J connectivity index is 1.87. The van der Waals surface area contributed by atoms with Crippen LogP contribution >= 0.6 is 0 Å². The lowest BCUT2D eigenvalue weighted by atomic mass is 10.2. The molecule has 100 valence electrons. The highest BCUT2D eigenvalue weighted by Gasteiger charge is 2.29. The SMILES string of the molecule is c1cnc2c(c1)nc(C1CCCO1)n2C1CCNC1. The van der Waals surface area contributed by atoms with Crippen molar-refractivity contribution in [2.75, 3.05) is 19.7 Å². The van der Waals surface area contributed by atoms with E-state index in [0.29, 0.717) is 6.04 Å². The number of fused-ring (bicyclic) bond motifs is 1. The molecule has 0 aliphatic carbocycles. The van der Waals surface area contributed by atoms with Gasteiger partial charge in [-0.1, -0.05) is 0 Å². The van der Waals surface area contributed by atoms with Crippen LogP contribution in [0.5, 0.6) is 0 Å². The molecule has 0 aromatic carbocycles. The molecule has 2 aromatic rings. The molecule has 2 saturated heterocycles. The average molecular weight is 258 g/mol. The number of aromatic nitrogens is 3. The molecule has 5 nitrogen and oxygen atoms in total. The lowest BCUT2D eigenvalue weighted by molar-refractivity contribution is 0.101. The number of ether oxygens (including phenoxy) is 1. The molecular weight excluding hydrogens is 240 g/mol. The standard InChI is InChI=1S/C14H18N4O/c1-3-11-13(16-6-1)18(10-5-7-15-9-10)14(17-11)12-4-2-8-19-12/h1,3,6,10,12,15H,2,4-5,7-9H2. The summed E-state index contributed by atoms with van der Waals surface area (Å²) in [5, 5.41) is 3.43. The van der Waals surface area contributed by atoms with Crippen molar-refractivity contribution in [3.63, 3.8) is 0 Å². The molecule has 2 atom stereocenters. The third-order valence-corrected chi connectivity index (χ3v) is 4.09. The molecule has 2 unspecified atom stereocenters. The van der Waals surface area contributed by atoms with E-state index in [1.165, 1.54) is 0 Å². The summed E-state index contributed by atoms with van der Waals surface area (Å²) in [6.07, 6.45) is 5.34. The summed E-state index contributed by atoms with van der Waals surface area (Å²) in [6, 6.07) is 4.45. The first kappa shape index (κ1) is 11.4. The van der Waals surface area contributed by atoms with Crippen molar-refractivity contribution in [3.8, 4) is 0 Å². The molecule has 4 heterocycles. The largest absolute Gasteiger partial charge is 0.370 e. The van der Waals surface area contributed by atoms with Gasteiger partial charge in [0.1, 0.15) is 17.4 Å². The van der Waals surface area contributed by atoms with Gasteiger partial charge in [-0.15, -0.1) is 0 Å². The maximum Gasteiger partial charge on any atom is 0.160 e. The van der Waals surface area contributed by atoms with Crippen molar-refractivity contribution in [2.45, 2.75) is 31.4 Å². The molecule has 0 saturated carbocycles. The Hall–Kier alpha value is -1.46. The van der Waals surface area contributed by atoms with Crippen LogP contribution in [0.15, 0.2) is 18.3 Å². The third-order valence-electron chi connectivity index (χ3n) is 4.09. The molecule has 2 fully saturated rings. The summed E-state index contributed by atoms with van der Waals surface area (Å²) in [5.74, 6) is 1.07. The second kappa shape index (κ2) is 4.58. The fourth-order valence-corrected chi connectivity index (χ4v) is 3.18. The van der Waals surface area contributed by atoms with Gasteiger partial charge in [-0.05, 0) is 37.9 Å². The van der Waals surface area contributed by atoms with Crippen LogP contribution in [-0.4, -0.2) is 34.2 Å². The van der Waals surface area contributed by atoms with Gasteiger partial charge in [-0.25, -0.2) is 9.97 Å². The summed E-state index contributed by atoms with van der Waals surface area (Å²) < 4.78 is 8.15. The Bertz CT molecular complexity index is 582. The first-order valence-corrected chi connectivity index (χ1v) is 7.08. The first-order chi connectivity index (χ1) is 9.43. The summed E-state index contributed by atoms with van der Waals surface area (Å²) in [7, 11) is 0. The van der Waals surface area contributed by atoms with Crippen molar-refractivity contribution >= 4 is 11.2 Å². The van der Waals surface area contributed by atoms with Crippen molar-refractivity contribution < 1.29 is 4.74 Å². The smallest absolute Gasteiger partial charge is 0.160 e. The van der Waals surface area contributed by atoms with Crippen LogP contribution < -0.4 is 5.32 Å². The summed E-state index contributed by atoms with van der Waals surface area (Å²) >= 11 is 0. The molecule has 2 aromatic heterocycles. The van der Waals surface area contributed by atoms with Crippen molar-refractivity contribution in [2.24, 2.45) is 0 Å². The third kappa shape index (κ3) is 1.84. The topological polar surface area (TPSA) is 52.0 Å². The second-order valence-electron chi connectivity index (χ2n) is 5.33. The molecular formula is C14H18N4O. The molecule has 0 amide bonds. The lowest BCUT2D eigenvalue weighted by Gasteiger charge is -2.18. The van der Waals surface area contributed by atoms with E-state index in [1.54, 1.807) is 0 Å². The molecule has 5 heteroatoms. The molecule has 2 aliphatic rings. The van der Waals surface area contributed by atoms with Crippen LogP contribution in [-0.2, 0) is 4.74 Å². The fourth-order valence-electron chi connectivity index (χ4n) is 3.18. The van der Waals surface area contributed by atoms with Crippen LogP contribution in [0.2, 0.25) is 0 Å². The van der Waals surface area contributed by atoms with Crippen molar-refractivity contribution in [1.82, 2.24) is 19.9 Å². The molecule has 0 radical (unpaired) electrons. The minimum absolute atomic E-state index is 0.148. The van der Waals surface area contributed by atoms with E-state index in [0.717, 1.165) is 55.9 Å². The van der Waals surface area contributed by atoms with Crippen LogP contribution in [0, 0.1) is 0 Å². The van der Waals surface area contributed by atoms with E-state index in [-0.39, 0.29) is 6.10 Å². The highest BCUT2D eigenvalue weighted by Crippen LogP contribution is 2.33. The van der Waals surface area contributed by atoms with E-state index in [1.807, 2.05) is 18.3 Å². The lowest BCUT2D eigenvalue weighted by Crippen LogP contribution is -2.17. The van der Waals surface area contributed by atoms with Crippen LogP contribution in [0.3, 0.4) is 0 Å². The Morgan fingerprint density at radius 2 is 2.37 bits per heavy atom. The Kier molecular flexibility index (Phi) is 2.74. The minimum Gasteiger partial charge on any atom is -0.370 e. The van der Waals surface area contributed by atoms with Gasteiger partial charge in [-0.2, -0.15) is 0 Å². The van der Waals surface area contributed by atoms with E-state index >= 15 is 0 Å². The Morgan fingerprint density at radius 3 is 3.16 bits per heavy atom. The number of hydrogen-bond acceptors (Lipinski definition) is 4. The Morgan fingerprint density at radius 1 is 1.37 bits per heavy atom. The van der Waals surface area contributed by atoms with Gasteiger partial charge in [-0.3, -0.25) is 0 Å². The Labute approximate surface area is 112 Å². The average Bonchev–Trinajstić information content (AvgIpc) is 3.17. The number of nitrogens with zero attached hydrogens (tertiary/aromatic N) is 3. The van der Waals surface area contributed by atoms with Gasteiger partial charge in [0.15, 0.2) is 5.65 Å². The van der Waals surface area contributed by atoms with Gasteiger partial charge in [0.2, 0.25) is 0 Å². The fraction of sp³-hybridized carbons (Fsp3) is 0.571. The summed E-state index contributed by atoms with van der Waals surface area (Å²) in [4.78, 5) is 9.32. The molecule has 2 aliphatic heterocycles. The highest BCUT2D eigenvalue weighted by molar-refractivity contribution is 5.71. The van der Waals surface area contributed by atoms with E-state index in [2.05, 4.69) is 14.9 Å². The normalized spacial score (nSPS) is 27.4. The highest BCUT2D eigenvalue weighted by atomic mass is 16.5. The zero-order valence-corrected chi connectivity index (χ0v) is 10.9. The second-order valence-corrected chi connectivity index (χ2v) is 5.33. The monoisotopic (exact) mass is 258 g/mol. The number of imidazole rings is 1. The van der Waals surface area contributed by atoms with E-state index in [4.69, 9.17) is 9.72 Å². The number of nitrogens with one attached hydrogen (secondary N) is 1. The molecule has 4 rings (SSSR count). The number of pyridine rings is 1. The zero-order valence-electron chi connectivity index (χ0n) is 10.9. The molecule has 1 N–H and O–H groups in total. The minimum atomic E-state index is 0.148. The van der Waals surface area contributed by atoms with Crippen LogP contribution in [0.4, 0.5) is 0 Å². The molecule has 19 heavy (non-hydrogen) atoms.